The number of carbonyl (C=O) groups is 4. The Balaban J connectivity index is 0.000000203. The van der Waals surface area contributed by atoms with Crippen LogP contribution in [0.2, 0.25) is 0 Å². The monoisotopic (exact) mass is 945 g/mol. The lowest BCUT2D eigenvalue weighted by molar-refractivity contribution is -0.199. The number of amides is 3. The van der Waals surface area contributed by atoms with Gasteiger partial charge in [-0.05, 0) is 147 Å². The maximum atomic E-state index is 12.9. The van der Waals surface area contributed by atoms with Gasteiger partial charge in [0.2, 0.25) is 0 Å². The molecule has 8 fully saturated rings. The number of alkyl halides is 6. The van der Waals surface area contributed by atoms with Crippen LogP contribution in [0.15, 0.2) is 0 Å². The molecular formula is C43H70ClF6N7O7. The topological polar surface area (TPSA) is 136 Å². The van der Waals surface area contributed by atoms with Crippen LogP contribution in [0.1, 0.15) is 97.8 Å². The number of carbonyl (C=O) groups excluding carboxylic acids is 4. The number of nitrogens with zero attached hydrogens (tertiary/aromatic N) is 5. The molecule has 6 saturated heterocycles. The maximum absolute atomic E-state index is 12.9. The van der Waals surface area contributed by atoms with E-state index in [9.17, 15) is 45.5 Å². The van der Waals surface area contributed by atoms with E-state index in [0.717, 1.165) is 108 Å². The standard InChI is InChI=1S/C21H32F3N3O3.C18H32N4O2.C4H5F3O2.ClH/c1-2-30-19(29)26-11-7-20(14-26)12-16(13-20)25-9-5-15(6-10-25)17-4-3-8-27(17)18(28)21(22,23)24;1-2-24-17(23)22-10-5-18(13-22)11-15(12-18)21-8-3-14(4-9-21)16-19-6-7-20-16;1-2-9-3(8)4(5,6)7;/h15-17H,2-14H2,1H3;14-16,19-20H,2-13H2,1H3;2H2,1H3;1H. The van der Waals surface area contributed by atoms with Crippen LogP contribution >= 0.6 is 12.4 Å². The van der Waals surface area contributed by atoms with Gasteiger partial charge in [0.05, 0.1) is 26.0 Å². The number of nitrogens with one attached hydrogen (secondary N) is 2. The second-order valence-electron chi connectivity index (χ2n) is 18.9. The smallest absolute Gasteiger partial charge is 0.459 e. The minimum absolute atomic E-state index is 0. The molecule has 0 aromatic rings. The van der Waals surface area contributed by atoms with Crippen LogP contribution < -0.4 is 10.6 Å². The zero-order valence-corrected chi connectivity index (χ0v) is 38.4. The van der Waals surface area contributed by atoms with Gasteiger partial charge in [-0.1, -0.05) is 0 Å². The lowest BCUT2D eigenvalue weighted by Gasteiger charge is -2.52. The third kappa shape index (κ3) is 12.8. The zero-order chi connectivity index (χ0) is 45.6. The third-order valence-electron chi connectivity index (χ3n) is 15.0. The van der Waals surface area contributed by atoms with Crippen molar-refractivity contribution in [2.45, 2.75) is 134 Å². The minimum Gasteiger partial charge on any atom is -0.459 e. The molecule has 64 heavy (non-hydrogen) atoms. The van der Waals surface area contributed by atoms with Crippen molar-refractivity contribution in [1.29, 1.82) is 0 Å². The lowest BCUT2D eigenvalue weighted by Crippen LogP contribution is -2.55. The first-order valence-electron chi connectivity index (χ1n) is 23.3. The number of ether oxygens (including phenoxy) is 3. The summed E-state index contributed by atoms with van der Waals surface area (Å²) in [5.74, 6) is -2.84. The third-order valence-corrected chi connectivity index (χ3v) is 15.0. The Kier molecular flexibility index (Phi) is 18.2. The van der Waals surface area contributed by atoms with E-state index in [1.807, 2.05) is 23.6 Å². The van der Waals surface area contributed by atoms with E-state index in [1.165, 1.54) is 45.7 Å². The van der Waals surface area contributed by atoms with E-state index in [4.69, 9.17) is 9.47 Å². The van der Waals surface area contributed by atoms with Crippen molar-refractivity contribution in [3.63, 3.8) is 0 Å². The summed E-state index contributed by atoms with van der Waals surface area (Å²) in [4.78, 5) is 55.3. The summed E-state index contributed by atoms with van der Waals surface area (Å²) in [6, 6.07) is 0.990. The molecule has 2 spiro atoms. The quantitative estimate of drug-likeness (QED) is 0.176. The second kappa shape index (κ2) is 22.3. The largest absolute Gasteiger partial charge is 0.490 e. The normalized spacial score (nSPS) is 30.5. The highest BCUT2D eigenvalue weighted by atomic mass is 35.5. The Morgan fingerprint density at radius 1 is 0.594 bits per heavy atom. The van der Waals surface area contributed by atoms with Crippen LogP contribution in [0.3, 0.4) is 0 Å². The average molecular weight is 947 g/mol. The van der Waals surface area contributed by atoms with Gasteiger partial charge in [-0.2, -0.15) is 26.3 Å². The van der Waals surface area contributed by atoms with E-state index in [0.29, 0.717) is 43.7 Å². The molecule has 0 radical (unpaired) electrons. The Labute approximate surface area is 379 Å². The Hall–Kier alpha value is -2.81. The fraction of sp³-hybridized carbons (Fsp3) is 0.907. The summed E-state index contributed by atoms with van der Waals surface area (Å²) in [6.45, 7) is 15.7. The van der Waals surface area contributed by atoms with Crippen LogP contribution in [-0.4, -0.2) is 177 Å². The van der Waals surface area contributed by atoms with E-state index >= 15 is 0 Å². The molecule has 368 valence electrons. The van der Waals surface area contributed by atoms with Gasteiger partial charge in [0, 0.05) is 63.9 Å². The predicted octanol–water partition coefficient (Wildman–Crippen LogP) is 6.02. The second-order valence-corrected chi connectivity index (χ2v) is 18.9. The van der Waals surface area contributed by atoms with Gasteiger partial charge in [-0.25, -0.2) is 14.4 Å². The Morgan fingerprint density at radius 3 is 1.42 bits per heavy atom. The van der Waals surface area contributed by atoms with Crippen molar-refractivity contribution in [3.8, 4) is 0 Å². The van der Waals surface area contributed by atoms with E-state index in [2.05, 4.69) is 25.2 Å². The fourth-order valence-corrected chi connectivity index (χ4v) is 11.7. The molecular weight excluding hydrogens is 876 g/mol. The van der Waals surface area contributed by atoms with Crippen LogP contribution in [0.4, 0.5) is 35.9 Å². The fourth-order valence-electron chi connectivity index (χ4n) is 11.7. The van der Waals surface area contributed by atoms with Crippen LogP contribution in [0.25, 0.3) is 0 Å². The van der Waals surface area contributed by atoms with E-state index < -0.39 is 24.2 Å². The number of halogens is 7. The number of hydrogen-bond donors (Lipinski definition) is 2. The number of rotatable bonds is 7. The highest BCUT2D eigenvalue weighted by Gasteiger charge is 2.54. The molecule has 2 saturated carbocycles. The van der Waals surface area contributed by atoms with Gasteiger partial charge in [0.25, 0.3) is 0 Å². The molecule has 21 heteroatoms. The summed E-state index contributed by atoms with van der Waals surface area (Å²) >= 11 is 0. The Morgan fingerprint density at radius 2 is 1.03 bits per heavy atom. The molecule has 0 aromatic carbocycles. The summed E-state index contributed by atoms with van der Waals surface area (Å²) in [5, 5.41) is 7.17. The van der Waals surface area contributed by atoms with Gasteiger partial charge in [-0.3, -0.25) is 4.79 Å². The van der Waals surface area contributed by atoms with Crippen molar-refractivity contribution in [1.82, 2.24) is 35.1 Å². The van der Waals surface area contributed by atoms with Crippen molar-refractivity contribution >= 4 is 36.5 Å². The number of esters is 1. The predicted molar refractivity (Wildman–Crippen MR) is 226 cm³/mol. The van der Waals surface area contributed by atoms with Crippen molar-refractivity contribution in [2.24, 2.45) is 22.7 Å². The highest BCUT2D eigenvalue weighted by Crippen LogP contribution is 2.52. The maximum Gasteiger partial charge on any atom is 0.490 e. The molecule has 8 aliphatic rings. The minimum atomic E-state index is -4.85. The lowest BCUT2D eigenvalue weighted by atomic mass is 9.64. The van der Waals surface area contributed by atoms with Gasteiger partial charge < -0.3 is 49.3 Å². The molecule has 14 nitrogen and oxygen atoms in total. The summed E-state index contributed by atoms with van der Waals surface area (Å²) < 4.78 is 86.1. The van der Waals surface area contributed by atoms with Crippen LogP contribution in [0.5, 0.6) is 0 Å². The molecule has 1 atom stereocenters. The van der Waals surface area contributed by atoms with E-state index in [-0.39, 0.29) is 55.1 Å². The molecule has 2 aliphatic carbocycles. The average Bonchev–Trinajstić information content (AvgIpc) is 4.07. The molecule has 6 heterocycles. The molecule has 3 amide bonds. The summed E-state index contributed by atoms with van der Waals surface area (Å²) in [7, 11) is 0. The van der Waals surface area contributed by atoms with Crippen molar-refractivity contribution in [2.75, 3.05) is 91.8 Å². The van der Waals surface area contributed by atoms with Crippen molar-refractivity contribution < 1.29 is 59.7 Å². The first-order valence-corrected chi connectivity index (χ1v) is 23.3. The molecule has 0 bridgehead atoms. The number of piperidine rings is 2. The molecule has 1 unspecified atom stereocenters. The highest BCUT2D eigenvalue weighted by molar-refractivity contribution is 5.85. The van der Waals surface area contributed by atoms with Crippen LogP contribution in [-0.2, 0) is 23.8 Å². The van der Waals surface area contributed by atoms with Crippen molar-refractivity contribution in [3.05, 3.63) is 0 Å². The number of likely N-dealkylation sites (tertiary alicyclic amines) is 5. The summed E-state index contributed by atoms with van der Waals surface area (Å²) in [5.41, 5.74) is 0.610. The van der Waals surface area contributed by atoms with Gasteiger partial charge in [0.1, 0.15) is 0 Å². The first-order chi connectivity index (χ1) is 29.9. The number of hydrogen-bond acceptors (Lipinski definition) is 11. The Bertz CT molecular complexity index is 1550. The molecule has 6 aliphatic heterocycles. The van der Waals surface area contributed by atoms with Gasteiger partial charge in [0.15, 0.2) is 0 Å². The summed E-state index contributed by atoms with van der Waals surface area (Å²) in [6.07, 6.45) is 3.14. The molecule has 2 N–H and O–H groups in total. The zero-order valence-electron chi connectivity index (χ0n) is 37.6. The van der Waals surface area contributed by atoms with Gasteiger partial charge >= 0.3 is 36.4 Å². The van der Waals surface area contributed by atoms with Gasteiger partial charge in [-0.15, -0.1) is 12.4 Å². The van der Waals surface area contributed by atoms with E-state index in [1.54, 1.807) is 0 Å². The first kappa shape index (κ1) is 52.2. The molecule has 8 rings (SSSR count). The van der Waals surface area contributed by atoms with Crippen LogP contribution in [0, 0.1) is 22.7 Å². The SMILES string of the molecule is CCOC(=O)C(F)(F)F.CCOC(=O)N1CCC2(CC(N3CCC(C4CCCN4C(=O)C(F)(F)F)CC3)C2)C1.CCOC(=O)N1CCC2(CC(N3CCC(C4NCCN4)CC3)C2)C1.Cl. The molecule has 0 aromatic heterocycles.